The van der Waals surface area contributed by atoms with Crippen LogP contribution in [0, 0.1) is 11.3 Å². The first-order valence-corrected chi connectivity index (χ1v) is 7.58. The third-order valence-electron chi connectivity index (χ3n) is 4.31. The van der Waals surface area contributed by atoms with Crippen LogP contribution in [0.25, 0.3) is 0 Å². The highest BCUT2D eigenvalue weighted by molar-refractivity contribution is 4.84. The lowest BCUT2D eigenvalue weighted by Crippen LogP contribution is -2.49. The molecular weight excluding hydrogens is 220 g/mol. The van der Waals surface area contributed by atoms with E-state index in [0.29, 0.717) is 11.5 Å². The average Bonchev–Trinajstić information content (AvgIpc) is 2.24. The van der Waals surface area contributed by atoms with E-state index in [4.69, 9.17) is 0 Å². The lowest BCUT2D eigenvalue weighted by molar-refractivity contribution is 0.0853. The van der Waals surface area contributed by atoms with Crippen LogP contribution < -0.4 is 5.32 Å². The van der Waals surface area contributed by atoms with E-state index in [9.17, 15) is 0 Å². The maximum atomic E-state index is 3.62. The minimum absolute atomic E-state index is 0.234. The quantitative estimate of drug-likeness (QED) is 0.829. The van der Waals surface area contributed by atoms with E-state index in [1.807, 2.05) is 0 Å². The normalized spacial score (nSPS) is 22.2. The number of nitrogens with zero attached hydrogens (tertiary/aromatic N) is 1. The van der Waals surface area contributed by atoms with Gasteiger partial charge in [0.1, 0.15) is 0 Å². The highest BCUT2D eigenvalue weighted by atomic mass is 15.2. The van der Waals surface area contributed by atoms with E-state index in [2.05, 4.69) is 58.7 Å². The van der Waals surface area contributed by atoms with Crippen LogP contribution in [0.15, 0.2) is 0 Å². The van der Waals surface area contributed by atoms with Gasteiger partial charge >= 0.3 is 0 Å². The average molecular weight is 254 g/mol. The van der Waals surface area contributed by atoms with E-state index in [1.165, 1.54) is 25.9 Å². The van der Waals surface area contributed by atoms with Crippen molar-refractivity contribution in [3.05, 3.63) is 0 Å². The van der Waals surface area contributed by atoms with E-state index in [0.717, 1.165) is 12.5 Å². The van der Waals surface area contributed by atoms with Crippen LogP contribution in [0.1, 0.15) is 61.3 Å². The molecular formula is C16H34N2. The van der Waals surface area contributed by atoms with Gasteiger partial charge in [-0.2, -0.15) is 0 Å². The molecule has 0 aromatic carbocycles. The van der Waals surface area contributed by atoms with Gasteiger partial charge in [0.2, 0.25) is 0 Å². The second-order valence-corrected chi connectivity index (χ2v) is 8.16. The Morgan fingerprint density at radius 1 is 1.06 bits per heavy atom. The summed E-state index contributed by atoms with van der Waals surface area (Å²) in [6.45, 7) is 19.9. The molecule has 1 unspecified atom stereocenters. The van der Waals surface area contributed by atoms with Gasteiger partial charge in [0.05, 0.1) is 0 Å². The maximum absolute atomic E-state index is 3.62. The number of piperidine rings is 1. The summed E-state index contributed by atoms with van der Waals surface area (Å²) in [6, 6.07) is 0.658. The van der Waals surface area contributed by atoms with Crippen LogP contribution in [0.4, 0.5) is 0 Å². The van der Waals surface area contributed by atoms with E-state index >= 15 is 0 Å². The van der Waals surface area contributed by atoms with Gasteiger partial charge in [-0.1, -0.05) is 20.8 Å². The zero-order chi connectivity index (χ0) is 14.0. The first-order valence-electron chi connectivity index (χ1n) is 7.58. The van der Waals surface area contributed by atoms with Crippen LogP contribution in [0.2, 0.25) is 0 Å². The van der Waals surface area contributed by atoms with Crippen molar-refractivity contribution in [2.45, 2.75) is 72.9 Å². The smallest absolute Gasteiger partial charge is 0.0192 e. The molecule has 1 N–H and O–H groups in total. The molecule has 2 heteroatoms. The second kappa shape index (κ2) is 5.92. The molecule has 0 bridgehead atoms. The third kappa shape index (κ3) is 5.27. The van der Waals surface area contributed by atoms with Gasteiger partial charge in [0.25, 0.3) is 0 Å². The minimum atomic E-state index is 0.234. The Morgan fingerprint density at radius 2 is 1.56 bits per heavy atom. The van der Waals surface area contributed by atoms with Crippen molar-refractivity contribution in [1.29, 1.82) is 0 Å². The fraction of sp³-hybridized carbons (Fsp3) is 1.00. The number of rotatable bonds is 3. The highest BCUT2D eigenvalue weighted by Gasteiger charge is 2.30. The predicted molar refractivity (Wildman–Crippen MR) is 81.0 cm³/mol. The Hall–Kier alpha value is -0.0800. The molecule has 0 aromatic rings. The molecule has 1 aliphatic rings. The summed E-state index contributed by atoms with van der Waals surface area (Å²) < 4.78 is 0. The van der Waals surface area contributed by atoms with Crippen molar-refractivity contribution in [3.8, 4) is 0 Å². The monoisotopic (exact) mass is 254 g/mol. The van der Waals surface area contributed by atoms with Gasteiger partial charge in [0.15, 0.2) is 0 Å². The summed E-state index contributed by atoms with van der Waals surface area (Å²) in [4.78, 5) is 2.65. The van der Waals surface area contributed by atoms with Crippen molar-refractivity contribution in [2.75, 3.05) is 19.6 Å². The first-order chi connectivity index (χ1) is 8.09. The molecule has 0 amide bonds. The van der Waals surface area contributed by atoms with Gasteiger partial charge in [-0.05, 0) is 65.0 Å². The fourth-order valence-electron chi connectivity index (χ4n) is 2.79. The number of likely N-dealkylation sites (tertiary alicyclic amines) is 1. The van der Waals surface area contributed by atoms with Crippen molar-refractivity contribution in [1.82, 2.24) is 10.2 Å². The summed E-state index contributed by atoms with van der Waals surface area (Å²) >= 11 is 0. The Kier molecular flexibility index (Phi) is 5.25. The molecule has 108 valence electrons. The molecule has 1 fully saturated rings. The van der Waals surface area contributed by atoms with Gasteiger partial charge in [0, 0.05) is 18.1 Å². The minimum Gasteiger partial charge on any atom is -0.311 e. The van der Waals surface area contributed by atoms with Crippen molar-refractivity contribution < 1.29 is 0 Å². The second-order valence-electron chi connectivity index (χ2n) is 8.16. The Balaban J connectivity index is 2.34. The van der Waals surface area contributed by atoms with E-state index in [-0.39, 0.29) is 5.54 Å². The molecule has 0 aliphatic carbocycles. The number of hydrogen-bond donors (Lipinski definition) is 1. The summed E-state index contributed by atoms with van der Waals surface area (Å²) in [5.41, 5.74) is 0.719. The lowest BCUT2D eigenvalue weighted by atomic mass is 9.75. The summed E-state index contributed by atoms with van der Waals surface area (Å²) in [5.74, 6) is 0.900. The van der Waals surface area contributed by atoms with E-state index in [1.54, 1.807) is 0 Å². The van der Waals surface area contributed by atoms with Crippen LogP contribution in [0.3, 0.4) is 0 Å². The van der Waals surface area contributed by atoms with Crippen LogP contribution >= 0.6 is 0 Å². The maximum Gasteiger partial charge on any atom is 0.0192 e. The molecule has 1 rings (SSSR count). The first kappa shape index (κ1) is 16.0. The molecule has 1 atom stereocenters. The molecule has 0 spiro atoms. The van der Waals surface area contributed by atoms with Gasteiger partial charge in [-0.15, -0.1) is 0 Å². The molecule has 0 aromatic heterocycles. The Bertz CT molecular complexity index is 239. The standard InChI is InChI=1S/C16H34N2/c1-13(12-17-16(5,6)7)18-10-8-14(9-11-18)15(2,3)4/h13-14,17H,8-12H2,1-7H3. The van der Waals surface area contributed by atoms with Gasteiger partial charge in [-0.25, -0.2) is 0 Å². The predicted octanol–water partition coefficient (Wildman–Crippen LogP) is 3.52. The van der Waals surface area contributed by atoms with Crippen LogP contribution in [-0.2, 0) is 0 Å². The lowest BCUT2D eigenvalue weighted by Gasteiger charge is -2.41. The van der Waals surface area contributed by atoms with Crippen molar-refractivity contribution in [3.63, 3.8) is 0 Å². The molecule has 1 aliphatic heterocycles. The third-order valence-corrected chi connectivity index (χ3v) is 4.31. The molecule has 2 nitrogen and oxygen atoms in total. The van der Waals surface area contributed by atoms with Crippen LogP contribution in [-0.4, -0.2) is 36.1 Å². The SMILES string of the molecule is CC(CNC(C)(C)C)N1CCC(C(C)(C)C)CC1. The zero-order valence-corrected chi connectivity index (χ0v) is 13.6. The highest BCUT2D eigenvalue weighted by Crippen LogP contribution is 2.34. The van der Waals surface area contributed by atoms with Crippen molar-refractivity contribution in [2.24, 2.45) is 11.3 Å². The number of hydrogen-bond acceptors (Lipinski definition) is 2. The largest absolute Gasteiger partial charge is 0.311 e. The molecule has 1 heterocycles. The van der Waals surface area contributed by atoms with Gasteiger partial charge in [-0.3, -0.25) is 4.90 Å². The molecule has 0 radical (unpaired) electrons. The summed E-state index contributed by atoms with van der Waals surface area (Å²) in [5, 5.41) is 3.62. The van der Waals surface area contributed by atoms with Gasteiger partial charge < -0.3 is 5.32 Å². The van der Waals surface area contributed by atoms with Crippen molar-refractivity contribution >= 4 is 0 Å². The summed E-state index contributed by atoms with van der Waals surface area (Å²) in [7, 11) is 0. The summed E-state index contributed by atoms with van der Waals surface area (Å²) in [6.07, 6.45) is 2.73. The molecule has 0 saturated carbocycles. The Labute approximate surface area is 115 Å². The Morgan fingerprint density at radius 3 is 1.94 bits per heavy atom. The fourth-order valence-corrected chi connectivity index (χ4v) is 2.79. The molecule has 18 heavy (non-hydrogen) atoms. The molecule has 1 saturated heterocycles. The topological polar surface area (TPSA) is 15.3 Å². The zero-order valence-electron chi connectivity index (χ0n) is 13.6. The van der Waals surface area contributed by atoms with E-state index < -0.39 is 0 Å². The van der Waals surface area contributed by atoms with Crippen LogP contribution in [0.5, 0.6) is 0 Å². The number of nitrogens with one attached hydrogen (secondary N) is 1.